The highest BCUT2D eigenvalue weighted by Crippen LogP contribution is 2.29. The SMILES string of the molecule is COCCOCCOC(=O)c1cc(N)cc(Cl)c1Cl. The lowest BCUT2D eigenvalue weighted by Crippen LogP contribution is -2.13. The predicted molar refractivity (Wildman–Crippen MR) is 73.9 cm³/mol. The summed E-state index contributed by atoms with van der Waals surface area (Å²) in [6, 6.07) is 2.89. The third-order valence-electron chi connectivity index (χ3n) is 2.16. The summed E-state index contributed by atoms with van der Waals surface area (Å²) in [5, 5.41) is 0.339. The maximum Gasteiger partial charge on any atom is 0.339 e. The third kappa shape index (κ3) is 5.24. The van der Waals surface area contributed by atoms with E-state index in [1.165, 1.54) is 12.1 Å². The Balaban J connectivity index is 2.46. The molecule has 0 heterocycles. The minimum absolute atomic E-state index is 0.116. The van der Waals surface area contributed by atoms with Crippen LogP contribution in [-0.2, 0) is 14.2 Å². The number of halogens is 2. The number of esters is 1. The number of hydrogen-bond donors (Lipinski definition) is 1. The largest absolute Gasteiger partial charge is 0.460 e. The lowest BCUT2D eigenvalue weighted by Gasteiger charge is -2.08. The van der Waals surface area contributed by atoms with Crippen LogP contribution in [0.4, 0.5) is 5.69 Å². The summed E-state index contributed by atoms with van der Waals surface area (Å²) in [4.78, 5) is 11.8. The Morgan fingerprint density at radius 3 is 2.58 bits per heavy atom. The number of carbonyl (C=O) groups excluding carboxylic acids is 1. The van der Waals surface area contributed by atoms with Gasteiger partial charge < -0.3 is 19.9 Å². The van der Waals surface area contributed by atoms with Crippen LogP contribution in [0.25, 0.3) is 0 Å². The Morgan fingerprint density at radius 1 is 1.21 bits per heavy atom. The first-order valence-electron chi connectivity index (χ1n) is 5.54. The standard InChI is InChI=1S/C12H15Cl2NO4/c1-17-2-3-18-4-5-19-12(16)9-6-8(15)7-10(13)11(9)14/h6-7H,2-5,15H2,1H3. The fourth-order valence-corrected chi connectivity index (χ4v) is 1.69. The first-order valence-corrected chi connectivity index (χ1v) is 6.30. The van der Waals surface area contributed by atoms with E-state index in [0.29, 0.717) is 18.9 Å². The molecule has 0 saturated carbocycles. The molecule has 0 saturated heterocycles. The first-order chi connectivity index (χ1) is 9.06. The number of rotatable bonds is 7. The molecule has 0 spiro atoms. The van der Waals surface area contributed by atoms with Crippen molar-refractivity contribution in [3.05, 3.63) is 27.7 Å². The predicted octanol–water partition coefficient (Wildman–Crippen LogP) is 2.40. The first kappa shape index (κ1) is 16.0. The van der Waals surface area contributed by atoms with Gasteiger partial charge in [0.2, 0.25) is 0 Å². The van der Waals surface area contributed by atoms with Crippen molar-refractivity contribution in [1.29, 1.82) is 0 Å². The second-order valence-electron chi connectivity index (χ2n) is 3.61. The smallest absolute Gasteiger partial charge is 0.339 e. The van der Waals surface area contributed by atoms with E-state index in [0.717, 1.165) is 0 Å². The molecule has 19 heavy (non-hydrogen) atoms. The molecule has 0 bridgehead atoms. The lowest BCUT2D eigenvalue weighted by atomic mass is 10.2. The van der Waals surface area contributed by atoms with Crippen molar-refractivity contribution >= 4 is 34.9 Å². The highest BCUT2D eigenvalue weighted by atomic mass is 35.5. The zero-order chi connectivity index (χ0) is 14.3. The van der Waals surface area contributed by atoms with Crippen LogP contribution in [0.1, 0.15) is 10.4 Å². The Bertz CT molecular complexity index is 440. The van der Waals surface area contributed by atoms with Gasteiger partial charge in [-0.25, -0.2) is 4.79 Å². The Kier molecular flexibility index (Phi) is 6.94. The highest BCUT2D eigenvalue weighted by Gasteiger charge is 2.15. The monoisotopic (exact) mass is 307 g/mol. The van der Waals surface area contributed by atoms with Gasteiger partial charge in [0.15, 0.2) is 0 Å². The van der Waals surface area contributed by atoms with Gasteiger partial charge in [0, 0.05) is 12.8 Å². The average Bonchev–Trinajstić information content (AvgIpc) is 2.37. The second-order valence-corrected chi connectivity index (χ2v) is 4.39. The number of nitrogens with two attached hydrogens (primary N) is 1. The van der Waals surface area contributed by atoms with E-state index < -0.39 is 5.97 Å². The highest BCUT2D eigenvalue weighted by molar-refractivity contribution is 6.44. The van der Waals surface area contributed by atoms with Crippen molar-refractivity contribution < 1.29 is 19.0 Å². The summed E-state index contributed by atoms with van der Waals surface area (Å²) in [6.45, 7) is 1.33. The number of anilines is 1. The average molecular weight is 308 g/mol. The minimum Gasteiger partial charge on any atom is -0.460 e. The quantitative estimate of drug-likeness (QED) is 0.476. The second kappa shape index (κ2) is 8.22. The minimum atomic E-state index is -0.588. The van der Waals surface area contributed by atoms with Crippen LogP contribution in [0.2, 0.25) is 10.0 Å². The van der Waals surface area contributed by atoms with E-state index in [-0.39, 0.29) is 28.8 Å². The van der Waals surface area contributed by atoms with E-state index in [1.807, 2.05) is 0 Å². The molecule has 1 aromatic carbocycles. The van der Waals surface area contributed by atoms with Crippen LogP contribution in [-0.4, -0.2) is 39.5 Å². The van der Waals surface area contributed by atoms with Gasteiger partial charge in [0.05, 0.1) is 35.4 Å². The molecule has 0 aliphatic heterocycles. The van der Waals surface area contributed by atoms with Crippen LogP contribution in [0.5, 0.6) is 0 Å². The Hall–Kier alpha value is -1.01. The van der Waals surface area contributed by atoms with Crippen LogP contribution in [0, 0.1) is 0 Å². The molecule has 5 nitrogen and oxygen atoms in total. The third-order valence-corrected chi connectivity index (χ3v) is 2.97. The summed E-state index contributed by atoms with van der Waals surface area (Å²) in [5.74, 6) is -0.588. The molecule has 0 radical (unpaired) electrons. The van der Waals surface area contributed by atoms with Gasteiger partial charge in [0.1, 0.15) is 6.61 Å². The van der Waals surface area contributed by atoms with Crippen molar-refractivity contribution in [1.82, 2.24) is 0 Å². The van der Waals surface area contributed by atoms with E-state index in [4.69, 9.17) is 43.1 Å². The fraction of sp³-hybridized carbons (Fsp3) is 0.417. The van der Waals surface area contributed by atoms with Crippen molar-refractivity contribution in [2.45, 2.75) is 0 Å². The van der Waals surface area contributed by atoms with Gasteiger partial charge in [-0.05, 0) is 12.1 Å². The van der Waals surface area contributed by atoms with Crippen LogP contribution in [0.15, 0.2) is 12.1 Å². The molecule has 2 N–H and O–H groups in total. The molecule has 1 aromatic rings. The normalized spacial score (nSPS) is 10.5. The van der Waals surface area contributed by atoms with E-state index in [9.17, 15) is 4.79 Å². The fourth-order valence-electron chi connectivity index (χ4n) is 1.27. The van der Waals surface area contributed by atoms with Gasteiger partial charge in [-0.3, -0.25) is 0 Å². The molecule has 1 rings (SSSR count). The molecule has 0 aliphatic carbocycles. The summed E-state index contributed by atoms with van der Waals surface area (Å²) in [5.41, 5.74) is 6.07. The van der Waals surface area contributed by atoms with Crippen molar-refractivity contribution in [2.75, 3.05) is 39.3 Å². The summed E-state index contributed by atoms with van der Waals surface area (Å²) >= 11 is 11.7. The number of carbonyl (C=O) groups is 1. The summed E-state index contributed by atoms with van der Waals surface area (Å²) < 4.78 is 14.9. The van der Waals surface area contributed by atoms with Gasteiger partial charge >= 0.3 is 5.97 Å². The zero-order valence-electron chi connectivity index (χ0n) is 10.4. The molecular weight excluding hydrogens is 293 g/mol. The van der Waals surface area contributed by atoms with Crippen LogP contribution < -0.4 is 5.73 Å². The van der Waals surface area contributed by atoms with E-state index in [1.54, 1.807) is 7.11 Å². The zero-order valence-corrected chi connectivity index (χ0v) is 12.0. The Labute approximate surface area is 121 Å². The van der Waals surface area contributed by atoms with Crippen molar-refractivity contribution in [3.63, 3.8) is 0 Å². The molecule has 0 atom stereocenters. The molecule has 0 fully saturated rings. The Morgan fingerprint density at radius 2 is 1.89 bits per heavy atom. The number of methoxy groups -OCH3 is 1. The number of hydrogen-bond acceptors (Lipinski definition) is 5. The van der Waals surface area contributed by atoms with Gasteiger partial charge in [-0.15, -0.1) is 0 Å². The maximum atomic E-state index is 11.8. The van der Waals surface area contributed by atoms with E-state index >= 15 is 0 Å². The lowest BCUT2D eigenvalue weighted by molar-refractivity contribution is 0.0214. The van der Waals surface area contributed by atoms with E-state index in [2.05, 4.69) is 0 Å². The number of nitrogen functional groups attached to an aromatic ring is 1. The van der Waals surface area contributed by atoms with Gasteiger partial charge in [-0.1, -0.05) is 23.2 Å². The number of benzene rings is 1. The molecule has 0 unspecified atom stereocenters. The van der Waals surface area contributed by atoms with Crippen molar-refractivity contribution in [3.8, 4) is 0 Å². The molecule has 7 heteroatoms. The number of ether oxygens (including phenoxy) is 3. The van der Waals surface area contributed by atoms with Crippen molar-refractivity contribution in [2.24, 2.45) is 0 Å². The van der Waals surface area contributed by atoms with Crippen LogP contribution in [0.3, 0.4) is 0 Å². The maximum absolute atomic E-state index is 11.8. The molecule has 0 amide bonds. The van der Waals surface area contributed by atoms with Crippen LogP contribution >= 0.6 is 23.2 Å². The topological polar surface area (TPSA) is 70.8 Å². The molecule has 106 valence electrons. The summed E-state index contributed by atoms with van der Waals surface area (Å²) in [6.07, 6.45) is 0. The van der Waals surface area contributed by atoms with Gasteiger partial charge in [-0.2, -0.15) is 0 Å². The molecule has 0 aliphatic rings. The molecule has 0 aromatic heterocycles. The molecular formula is C12H15Cl2NO4. The van der Waals surface area contributed by atoms with Gasteiger partial charge in [0.25, 0.3) is 0 Å². The summed E-state index contributed by atoms with van der Waals surface area (Å²) in [7, 11) is 1.58.